The lowest BCUT2D eigenvalue weighted by Crippen LogP contribution is -2.33. The summed E-state index contributed by atoms with van der Waals surface area (Å²) in [7, 11) is 0. The first-order valence-corrected chi connectivity index (χ1v) is 12.5. The number of nitrogens with one attached hydrogen (secondary N) is 1. The third kappa shape index (κ3) is 4.27. The van der Waals surface area contributed by atoms with Crippen LogP contribution in [0.4, 0.5) is 10.1 Å². The fourth-order valence-corrected chi connectivity index (χ4v) is 5.50. The van der Waals surface area contributed by atoms with Crippen LogP contribution in [0.1, 0.15) is 31.7 Å². The number of likely N-dealkylation sites (tertiary alicyclic amines) is 1. The zero-order chi connectivity index (χ0) is 23.8. The number of fused-ring (bicyclic) bond motifs is 1. The van der Waals surface area contributed by atoms with E-state index in [1.807, 2.05) is 49.2 Å². The van der Waals surface area contributed by atoms with Gasteiger partial charge in [-0.2, -0.15) is 5.10 Å². The zero-order valence-corrected chi connectivity index (χ0v) is 19.9. The second kappa shape index (κ2) is 9.13. The molecule has 0 spiro atoms. The summed E-state index contributed by atoms with van der Waals surface area (Å²) in [5, 5.41) is 5.24. The van der Waals surface area contributed by atoms with Gasteiger partial charge in [-0.3, -0.25) is 9.78 Å². The normalized spacial score (nSPS) is 20.0. The number of hydrazone groups is 1. The summed E-state index contributed by atoms with van der Waals surface area (Å²) < 4.78 is 29.3. The number of aryl methyl sites for hydroxylation is 1. The second-order valence-electron chi connectivity index (χ2n) is 8.80. The lowest BCUT2D eigenvalue weighted by Gasteiger charge is -2.21. The van der Waals surface area contributed by atoms with Crippen molar-refractivity contribution in [2.75, 3.05) is 17.4 Å². The van der Waals surface area contributed by atoms with Crippen molar-refractivity contribution in [3.8, 4) is 11.1 Å². The van der Waals surface area contributed by atoms with Gasteiger partial charge in [0.05, 0.1) is 11.2 Å². The highest BCUT2D eigenvalue weighted by atomic mass is 32.2. The van der Waals surface area contributed by atoms with Crippen molar-refractivity contribution in [3.05, 3.63) is 60.0 Å². The molecule has 0 radical (unpaired) electrons. The van der Waals surface area contributed by atoms with Gasteiger partial charge >= 0.3 is 0 Å². The first kappa shape index (κ1) is 22.5. The average Bonchev–Trinajstić information content (AvgIpc) is 3.45. The largest absolute Gasteiger partial charge is 0.342 e. The van der Waals surface area contributed by atoms with Crippen molar-refractivity contribution in [2.24, 2.45) is 11.0 Å². The van der Waals surface area contributed by atoms with Crippen LogP contribution in [0, 0.1) is 18.7 Å². The third-order valence-corrected chi connectivity index (χ3v) is 7.37. The first-order chi connectivity index (χ1) is 16.4. The van der Waals surface area contributed by atoms with Gasteiger partial charge in [0, 0.05) is 37.5 Å². The van der Waals surface area contributed by atoms with Crippen LogP contribution < -0.4 is 9.14 Å². The number of rotatable bonds is 5. The van der Waals surface area contributed by atoms with Gasteiger partial charge in [-0.15, -0.1) is 0 Å². The number of nitrogens with zero attached hydrogens (tertiary/aromatic N) is 4. The number of anilines is 1. The number of hydrogen-bond acceptors (Lipinski definition) is 4. The molecule has 9 heteroatoms. The van der Waals surface area contributed by atoms with Crippen LogP contribution in [-0.4, -0.2) is 38.9 Å². The van der Waals surface area contributed by atoms with Gasteiger partial charge in [0.15, 0.2) is 0 Å². The molecule has 5 rings (SSSR count). The monoisotopic (exact) mass is 479 g/mol. The Bertz CT molecular complexity index is 1330. The summed E-state index contributed by atoms with van der Waals surface area (Å²) in [5.74, 6) is 0.374. The van der Waals surface area contributed by atoms with Crippen LogP contribution >= 0.6 is 0 Å². The Morgan fingerprint density at radius 2 is 2.00 bits per heavy atom. The van der Waals surface area contributed by atoms with Gasteiger partial charge < -0.3 is 4.90 Å². The van der Waals surface area contributed by atoms with Gasteiger partial charge in [-0.1, -0.05) is 25.1 Å². The van der Waals surface area contributed by atoms with E-state index < -0.39 is 17.0 Å². The zero-order valence-electron chi connectivity index (χ0n) is 19.1. The number of hydrogen-bond donors (Lipinski definition) is 1. The average molecular weight is 480 g/mol. The minimum atomic E-state index is -1.69. The molecular formula is C25H26FN5O2S. The van der Waals surface area contributed by atoms with E-state index in [-0.39, 0.29) is 17.5 Å². The summed E-state index contributed by atoms with van der Waals surface area (Å²) in [6.45, 7) is 5.21. The van der Waals surface area contributed by atoms with E-state index in [4.69, 9.17) is 0 Å². The topological polar surface area (TPSA) is 77.9 Å². The van der Waals surface area contributed by atoms with Crippen LogP contribution in [0.25, 0.3) is 22.0 Å². The van der Waals surface area contributed by atoms with E-state index in [1.165, 1.54) is 10.4 Å². The van der Waals surface area contributed by atoms with Gasteiger partial charge in [-0.25, -0.2) is 17.7 Å². The smallest absolute Gasteiger partial charge is 0.245 e. The Morgan fingerprint density at radius 3 is 2.79 bits per heavy atom. The molecule has 0 saturated carbocycles. The molecule has 0 aliphatic carbocycles. The van der Waals surface area contributed by atoms with Gasteiger partial charge in [0.2, 0.25) is 17.1 Å². The molecule has 2 aliphatic heterocycles. The highest BCUT2D eigenvalue weighted by Crippen LogP contribution is 2.32. The molecule has 3 aromatic rings. The number of aromatic nitrogens is 1. The van der Waals surface area contributed by atoms with Crippen molar-refractivity contribution in [2.45, 2.75) is 33.1 Å². The lowest BCUT2D eigenvalue weighted by atomic mass is 10.0. The quantitative estimate of drug-likeness (QED) is 0.593. The van der Waals surface area contributed by atoms with Crippen LogP contribution in [0.2, 0.25) is 0 Å². The number of pyridine rings is 1. The maximum atomic E-state index is 15.3. The van der Waals surface area contributed by atoms with Gasteiger partial charge in [0.1, 0.15) is 11.7 Å². The molecule has 1 amide bonds. The predicted molar refractivity (Wildman–Crippen MR) is 133 cm³/mol. The molecule has 2 aliphatic rings. The summed E-state index contributed by atoms with van der Waals surface area (Å²) >= 11 is -1.69. The summed E-state index contributed by atoms with van der Waals surface area (Å²) in [5.41, 5.74) is 3.71. The number of amides is 1. The molecule has 176 valence electrons. The Kier molecular flexibility index (Phi) is 6.03. The number of amidine groups is 1. The van der Waals surface area contributed by atoms with E-state index in [1.54, 1.807) is 6.07 Å². The molecule has 2 aromatic carbocycles. The predicted octanol–water partition coefficient (Wildman–Crippen LogP) is 4.30. The van der Waals surface area contributed by atoms with E-state index in [2.05, 4.69) is 21.0 Å². The molecule has 2 atom stereocenters. The van der Waals surface area contributed by atoms with Crippen molar-refractivity contribution in [1.29, 1.82) is 0 Å². The van der Waals surface area contributed by atoms with Crippen LogP contribution in [-0.2, 0) is 16.0 Å². The fourth-order valence-electron chi connectivity index (χ4n) is 4.60. The minimum absolute atomic E-state index is 0.134. The van der Waals surface area contributed by atoms with Crippen LogP contribution in [0.3, 0.4) is 0 Å². The standard InChI is InChI=1S/C25H26FN5O2S/c1-3-25(32)30-9-8-17(15-30)11-24-28-29-34(33)31(24)23-7-6-18(12-21(23)26)19-4-5-20-10-16(2)14-27-22(20)13-19/h4-7,10,12-14,17,29H,3,8-9,11,15H2,1-2H3/t17-,34?/m0/s1. The molecule has 7 nitrogen and oxygen atoms in total. The lowest BCUT2D eigenvalue weighted by molar-refractivity contribution is -0.129. The number of carbonyl (C=O) groups excluding carboxylic acids is 1. The molecule has 1 fully saturated rings. The maximum absolute atomic E-state index is 15.3. The number of carbonyl (C=O) groups is 1. The van der Waals surface area contributed by atoms with Crippen molar-refractivity contribution in [3.63, 3.8) is 0 Å². The summed E-state index contributed by atoms with van der Waals surface area (Å²) in [6, 6.07) is 12.8. The van der Waals surface area contributed by atoms with E-state index in [0.717, 1.165) is 28.5 Å². The van der Waals surface area contributed by atoms with Crippen LogP contribution in [0.5, 0.6) is 0 Å². The van der Waals surface area contributed by atoms with E-state index in [0.29, 0.717) is 37.3 Å². The maximum Gasteiger partial charge on any atom is 0.245 e. The molecule has 3 heterocycles. The molecule has 1 aromatic heterocycles. The van der Waals surface area contributed by atoms with E-state index in [9.17, 15) is 9.00 Å². The number of halogens is 1. The molecule has 34 heavy (non-hydrogen) atoms. The molecule has 1 unspecified atom stereocenters. The summed E-state index contributed by atoms with van der Waals surface area (Å²) in [4.78, 5) is 20.9. The van der Waals surface area contributed by atoms with Crippen molar-refractivity contribution >= 4 is 39.5 Å². The Hall–Kier alpha value is -3.33. The molecule has 1 N–H and O–H groups in total. The SMILES string of the molecule is CCC(=O)N1CC[C@@H](CC2=NNS(=O)N2c2ccc(-c3ccc4cc(C)cnc4c3)cc2F)C1. The van der Waals surface area contributed by atoms with Crippen molar-refractivity contribution < 1.29 is 13.4 Å². The van der Waals surface area contributed by atoms with E-state index >= 15 is 4.39 Å². The second-order valence-corrected chi connectivity index (χ2v) is 9.85. The molecule has 1 saturated heterocycles. The Labute approximate surface area is 200 Å². The fraction of sp³-hybridized carbons (Fsp3) is 0.320. The molecular weight excluding hydrogens is 453 g/mol. The highest BCUT2D eigenvalue weighted by Gasteiger charge is 2.33. The third-order valence-electron chi connectivity index (χ3n) is 6.39. The van der Waals surface area contributed by atoms with Crippen molar-refractivity contribution in [1.82, 2.24) is 14.7 Å². The van der Waals surface area contributed by atoms with Gasteiger partial charge in [-0.05, 0) is 60.2 Å². The van der Waals surface area contributed by atoms with Crippen LogP contribution in [0.15, 0.2) is 53.8 Å². The minimum Gasteiger partial charge on any atom is -0.342 e. The highest BCUT2D eigenvalue weighted by molar-refractivity contribution is 7.85. The van der Waals surface area contributed by atoms with Gasteiger partial charge in [0.25, 0.3) is 0 Å². The molecule has 0 bridgehead atoms. The first-order valence-electron chi connectivity index (χ1n) is 11.4. The number of benzene rings is 2. The Morgan fingerprint density at radius 1 is 1.21 bits per heavy atom. The summed E-state index contributed by atoms with van der Waals surface area (Å²) in [6.07, 6.45) is 3.66. The Balaban J connectivity index is 1.37.